The van der Waals surface area contributed by atoms with Crippen molar-refractivity contribution in [2.45, 2.75) is 13.8 Å². The van der Waals surface area contributed by atoms with Gasteiger partial charge in [0.1, 0.15) is 0 Å². The first kappa shape index (κ1) is 10.8. The van der Waals surface area contributed by atoms with E-state index in [4.69, 9.17) is 10.2 Å². The molecule has 3 nitrogen and oxygen atoms in total. The third-order valence-corrected chi connectivity index (χ3v) is 3.13. The summed E-state index contributed by atoms with van der Waals surface area (Å²) in [4.78, 5) is 3.29. The van der Waals surface area contributed by atoms with Gasteiger partial charge in [0.25, 0.3) is 0 Å². The second-order valence-corrected chi connectivity index (χ2v) is 4.63. The van der Waals surface area contributed by atoms with Crippen LogP contribution in [-0.4, -0.2) is 0 Å². The zero-order chi connectivity index (χ0) is 12.7. The molecule has 0 saturated heterocycles. The van der Waals surface area contributed by atoms with Gasteiger partial charge in [-0.25, -0.2) is 0 Å². The van der Waals surface area contributed by atoms with Gasteiger partial charge < -0.3 is 10.2 Å². The summed E-state index contributed by atoms with van der Waals surface area (Å²) in [5, 5.41) is 0. The van der Waals surface area contributed by atoms with Crippen molar-refractivity contribution in [2.24, 2.45) is 0 Å². The van der Waals surface area contributed by atoms with Crippen LogP contribution in [-0.2, 0) is 0 Å². The summed E-state index contributed by atoms with van der Waals surface area (Å²) >= 11 is 0. The van der Waals surface area contributed by atoms with Gasteiger partial charge in [0.2, 0.25) is 11.1 Å². The highest BCUT2D eigenvalue weighted by Crippen LogP contribution is 2.24. The lowest BCUT2D eigenvalue weighted by Crippen LogP contribution is -2.02. The second kappa shape index (κ2) is 3.88. The number of hydrogen-bond donors (Lipinski definition) is 1. The number of anilines is 1. The first-order chi connectivity index (χ1) is 8.63. The maximum Gasteiger partial charge on any atom is 0.379 e. The predicted octanol–water partition coefficient (Wildman–Crippen LogP) is 3.11. The molecule has 0 spiro atoms. The minimum Gasteiger partial charge on any atom is -0.399 e. The number of H-pyrrole nitrogens is 1. The van der Waals surface area contributed by atoms with E-state index in [1.165, 1.54) is 5.56 Å². The summed E-state index contributed by atoms with van der Waals surface area (Å²) in [6.07, 6.45) is 0. The summed E-state index contributed by atoms with van der Waals surface area (Å²) in [7, 11) is 0. The second-order valence-electron chi connectivity index (χ2n) is 4.63. The monoisotopic (exact) mass is 239 g/mol. The van der Waals surface area contributed by atoms with E-state index in [9.17, 15) is 0 Å². The number of rotatable bonds is 1. The van der Waals surface area contributed by atoms with E-state index in [1.807, 2.05) is 37.3 Å². The molecular weight excluding hydrogens is 224 g/mol. The van der Waals surface area contributed by atoms with Gasteiger partial charge in [-0.1, -0.05) is 6.07 Å². The van der Waals surface area contributed by atoms with Crippen molar-refractivity contribution in [1.29, 1.82) is 0 Å². The standard InChI is InChI=1S/C15H14N2O/c1-9-3-6-14-13(7-9)17-15(18-14)11-4-5-12(16)10(2)8-11/h3-8H,16H2,1-2H3/p+1. The third-order valence-electron chi connectivity index (χ3n) is 3.13. The van der Waals surface area contributed by atoms with Crippen LogP contribution in [0.2, 0.25) is 0 Å². The van der Waals surface area contributed by atoms with E-state index in [0.29, 0.717) is 0 Å². The van der Waals surface area contributed by atoms with Crippen LogP contribution in [0.3, 0.4) is 0 Å². The molecular formula is C15H15N2O+. The van der Waals surface area contributed by atoms with Gasteiger partial charge >= 0.3 is 5.89 Å². The number of fused-ring (bicyclic) bond motifs is 1. The van der Waals surface area contributed by atoms with E-state index in [1.54, 1.807) is 0 Å². The highest BCUT2D eigenvalue weighted by Gasteiger charge is 2.15. The third kappa shape index (κ3) is 1.74. The van der Waals surface area contributed by atoms with Crippen molar-refractivity contribution in [3.8, 4) is 11.5 Å². The highest BCUT2D eigenvalue weighted by molar-refractivity contribution is 5.72. The average molecular weight is 239 g/mol. The number of nitrogen functional groups attached to an aromatic ring is 1. The van der Waals surface area contributed by atoms with Gasteiger partial charge in [0.15, 0.2) is 0 Å². The number of hydrogen-bond acceptors (Lipinski definition) is 2. The fourth-order valence-corrected chi connectivity index (χ4v) is 2.04. The molecule has 3 aromatic rings. The minimum atomic E-state index is 0.763. The zero-order valence-corrected chi connectivity index (χ0v) is 10.4. The number of aryl methyl sites for hydroxylation is 2. The van der Waals surface area contributed by atoms with Gasteiger partial charge in [-0.2, -0.15) is 4.98 Å². The Bertz CT molecular complexity index is 728. The van der Waals surface area contributed by atoms with Crippen LogP contribution in [0.1, 0.15) is 11.1 Å². The van der Waals surface area contributed by atoms with Crippen molar-refractivity contribution in [1.82, 2.24) is 0 Å². The van der Waals surface area contributed by atoms with Crippen molar-refractivity contribution >= 4 is 16.8 Å². The van der Waals surface area contributed by atoms with Gasteiger partial charge in [-0.15, -0.1) is 0 Å². The topological polar surface area (TPSA) is 53.3 Å². The van der Waals surface area contributed by atoms with Crippen molar-refractivity contribution < 1.29 is 9.40 Å². The van der Waals surface area contributed by atoms with Crippen LogP contribution in [0.25, 0.3) is 22.6 Å². The molecule has 0 aliphatic heterocycles. The molecule has 0 amide bonds. The fourth-order valence-electron chi connectivity index (χ4n) is 2.04. The summed E-state index contributed by atoms with van der Waals surface area (Å²) < 4.78 is 5.81. The molecule has 3 N–H and O–H groups in total. The predicted molar refractivity (Wildman–Crippen MR) is 72.1 cm³/mol. The maximum absolute atomic E-state index is 5.82. The Kier molecular flexibility index (Phi) is 2.33. The molecule has 90 valence electrons. The normalized spacial score (nSPS) is 11.0. The van der Waals surface area contributed by atoms with Crippen LogP contribution >= 0.6 is 0 Å². The van der Waals surface area contributed by atoms with Crippen LogP contribution < -0.4 is 10.7 Å². The minimum absolute atomic E-state index is 0.763. The van der Waals surface area contributed by atoms with E-state index in [-0.39, 0.29) is 0 Å². The van der Waals surface area contributed by atoms with Crippen molar-refractivity contribution in [3.63, 3.8) is 0 Å². The number of oxazole rings is 1. The van der Waals surface area contributed by atoms with Crippen molar-refractivity contribution in [3.05, 3.63) is 47.5 Å². The summed E-state index contributed by atoms with van der Waals surface area (Å²) in [5.41, 5.74) is 11.8. The van der Waals surface area contributed by atoms with Crippen LogP contribution in [0, 0.1) is 13.8 Å². The Morgan fingerprint density at radius 3 is 2.67 bits per heavy atom. The first-order valence-corrected chi connectivity index (χ1v) is 5.92. The highest BCUT2D eigenvalue weighted by atomic mass is 16.3. The molecule has 0 atom stereocenters. The molecule has 0 aliphatic carbocycles. The number of aromatic amines is 1. The molecule has 0 aliphatic rings. The number of benzene rings is 2. The largest absolute Gasteiger partial charge is 0.399 e. The Labute approximate surface area is 105 Å². The maximum atomic E-state index is 5.82. The molecule has 0 unspecified atom stereocenters. The molecule has 1 heterocycles. The molecule has 18 heavy (non-hydrogen) atoms. The molecule has 3 heteroatoms. The smallest absolute Gasteiger partial charge is 0.379 e. The Hall–Kier alpha value is -2.29. The number of aromatic nitrogens is 1. The van der Waals surface area contributed by atoms with E-state index in [2.05, 4.69) is 18.0 Å². The molecule has 0 bridgehead atoms. The Balaban J connectivity index is 2.16. The zero-order valence-electron chi connectivity index (χ0n) is 10.4. The molecule has 2 aromatic carbocycles. The van der Waals surface area contributed by atoms with Gasteiger partial charge in [0.05, 0.1) is 5.56 Å². The van der Waals surface area contributed by atoms with E-state index < -0.39 is 0 Å². The van der Waals surface area contributed by atoms with Gasteiger partial charge in [0, 0.05) is 11.8 Å². The molecule has 0 radical (unpaired) electrons. The lowest BCUT2D eigenvalue weighted by atomic mass is 10.1. The van der Waals surface area contributed by atoms with E-state index >= 15 is 0 Å². The molecule has 0 fully saturated rings. The SMILES string of the molecule is Cc1ccc2oc(-c3ccc(N)c(C)c3)[nH+]c2c1. The fraction of sp³-hybridized carbons (Fsp3) is 0.133. The molecule has 0 saturated carbocycles. The van der Waals surface area contributed by atoms with Crippen LogP contribution in [0.4, 0.5) is 5.69 Å². The van der Waals surface area contributed by atoms with Crippen molar-refractivity contribution in [2.75, 3.05) is 5.73 Å². The summed E-state index contributed by atoms with van der Waals surface area (Å²) in [6.45, 7) is 4.05. The Morgan fingerprint density at radius 1 is 1.06 bits per heavy atom. The quantitative estimate of drug-likeness (QED) is 0.663. The van der Waals surface area contributed by atoms with Gasteiger partial charge in [-0.05, 0) is 49.2 Å². The summed E-state index contributed by atoms with van der Waals surface area (Å²) in [6, 6.07) is 12.0. The lowest BCUT2D eigenvalue weighted by molar-refractivity contribution is -0.338. The van der Waals surface area contributed by atoms with Crippen LogP contribution in [0.15, 0.2) is 40.8 Å². The average Bonchev–Trinajstić information content (AvgIpc) is 2.75. The first-order valence-electron chi connectivity index (χ1n) is 5.92. The number of nitrogens with two attached hydrogens (primary N) is 1. The lowest BCUT2D eigenvalue weighted by Gasteiger charge is -1.98. The molecule has 1 aromatic heterocycles. The van der Waals surface area contributed by atoms with Gasteiger partial charge in [-0.3, -0.25) is 0 Å². The Morgan fingerprint density at radius 2 is 1.89 bits per heavy atom. The molecule has 3 rings (SSSR count). The van der Waals surface area contributed by atoms with E-state index in [0.717, 1.165) is 33.8 Å². The van der Waals surface area contributed by atoms with Crippen LogP contribution in [0.5, 0.6) is 0 Å². The summed E-state index contributed by atoms with van der Waals surface area (Å²) in [5.74, 6) is 0.763. The number of nitrogens with one attached hydrogen (secondary N) is 1.